The fraction of sp³-hybridized carbons (Fsp3) is 0.286. The van der Waals surface area contributed by atoms with Gasteiger partial charge in [0.25, 0.3) is 10.1 Å². The first-order valence-electron chi connectivity index (χ1n) is 6.34. The molecule has 0 aliphatic carbocycles. The van der Waals surface area contributed by atoms with Gasteiger partial charge < -0.3 is 4.74 Å². The molecule has 0 spiro atoms. The summed E-state index contributed by atoms with van der Waals surface area (Å²) in [6.45, 7) is 3.81. The van der Waals surface area contributed by atoms with Crippen LogP contribution in [0.1, 0.15) is 18.1 Å². The lowest BCUT2D eigenvalue weighted by Crippen LogP contribution is -2.05. The van der Waals surface area contributed by atoms with Gasteiger partial charge in [-0.3, -0.25) is 4.55 Å². The van der Waals surface area contributed by atoms with E-state index in [9.17, 15) is 13.0 Å². The van der Waals surface area contributed by atoms with Gasteiger partial charge in [0.1, 0.15) is 4.90 Å². The van der Waals surface area contributed by atoms with Crippen molar-refractivity contribution >= 4 is 10.1 Å². The van der Waals surface area contributed by atoms with Gasteiger partial charge in [-0.1, -0.05) is 13.0 Å². The third-order valence-electron chi connectivity index (χ3n) is 3.24. The molecule has 1 heterocycles. The molecule has 6 nitrogen and oxygen atoms in total. The molecule has 0 unspecified atom stereocenters. The van der Waals surface area contributed by atoms with E-state index < -0.39 is 10.1 Å². The molecule has 0 amide bonds. The Hall–Kier alpha value is -1.99. The molecule has 0 bridgehead atoms. The van der Waals surface area contributed by atoms with E-state index in [1.165, 1.54) is 25.6 Å². The normalized spacial score (nSPS) is 11.4. The van der Waals surface area contributed by atoms with E-state index in [1.807, 2.05) is 13.8 Å². The minimum Gasteiger partial charge on any atom is -0.467 e. The van der Waals surface area contributed by atoms with Crippen LogP contribution in [0, 0.1) is 6.92 Å². The zero-order valence-electron chi connectivity index (χ0n) is 12.0. The topological polar surface area (TPSA) is 89.4 Å². The second-order valence-corrected chi connectivity index (χ2v) is 5.91. The lowest BCUT2D eigenvalue weighted by atomic mass is 9.96. The van der Waals surface area contributed by atoms with Gasteiger partial charge in [-0.05, 0) is 30.5 Å². The highest BCUT2D eigenvalue weighted by Crippen LogP contribution is 2.33. The number of hydrogen-bond donors (Lipinski definition) is 1. The van der Waals surface area contributed by atoms with Gasteiger partial charge in [0, 0.05) is 23.5 Å². The van der Waals surface area contributed by atoms with Crippen LogP contribution in [-0.2, 0) is 16.5 Å². The Morgan fingerprint density at radius 3 is 2.33 bits per heavy atom. The number of nitrogens with zero attached hydrogens (tertiary/aromatic N) is 2. The Balaban J connectivity index is 2.77. The zero-order chi connectivity index (χ0) is 15.6. The summed E-state index contributed by atoms with van der Waals surface area (Å²) in [5.74, 6) is 0. The van der Waals surface area contributed by atoms with Gasteiger partial charge in [-0.15, -0.1) is 0 Å². The molecular weight excluding hydrogens is 292 g/mol. The number of aryl methyl sites for hydroxylation is 1. The number of methoxy groups -OCH3 is 1. The van der Waals surface area contributed by atoms with Crippen molar-refractivity contribution in [2.24, 2.45) is 0 Å². The molecule has 1 N–H and O–H groups in total. The van der Waals surface area contributed by atoms with Crippen LogP contribution in [-0.4, -0.2) is 30.0 Å². The Morgan fingerprint density at radius 2 is 1.86 bits per heavy atom. The molecule has 1 aromatic heterocycles. The van der Waals surface area contributed by atoms with E-state index in [0.717, 1.165) is 11.1 Å². The smallest absolute Gasteiger partial charge is 0.316 e. The van der Waals surface area contributed by atoms with Crippen molar-refractivity contribution in [2.75, 3.05) is 7.11 Å². The Labute approximate surface area is 123 Å². The highest BCUT2D eigenvalue weighted by atomic mass is 32.2. The number of rotatable bonds is 4. The van der Waals surface area contributed by atoms with Gasteiger partial charge in [0.2, 0.25) is 0 Å². The van der Waals surface area contributed by atoms with E-state index in [0.29, 0.717) is 17.5 Å². The van der Waals surface area contributed by atoms with Gasteiger partial charge >= 0.3 is 6.01 Å². The van der Waals surface area contributed by atoms with Crippen molar-refractivity contribution in [3.05, 3.63) is 35.7 Å². The van der Waals surface area contributed by atoms with Crippen molar-refractivity contribution in [1.29, 1.82) is 0 Å². The Bertz CT molecular complexity index is 755. The van der Waals surface area contributed by atoms with Crippen LogP contribution in [0.4, 0.5) is 0 Å². The fourth-order valence-corrected chi connectivity index (χ4v) is 3.01. The standard InChI is InChI=1S/C14H16N2O4S/c1-4-11-9(2)5-6-12(21(17,18)19)13(11)10-7-15-14(20-3)16-8-10/h5-8H,4H2,1-3H3,(H,17,18,19). The molecule has 0 atom stereocenters. The van der Waals surface area contributed by atoms with Crippen LogP contribution in [0.2, 0.25) is 0 Å². The monoisotopic (exact) mass is 308 g/mol. The van der Waals surface area contributed by atoms with Crippen LogP contribution < -0.4 is 4.74 Å². The average molecular weight is 308 g/mol. The molecular formula is C14H16N2O4S. The van der Waals surface area contributed by atoms with Crippen molar-refractivity contribution in [3.63, 3.8) is 0 Å². The molecule has 0 fully saturated rings. The summed E-state index contributed by atoms with van der Waals surface area (Å²) >= 11 is 0. The highest BCUT2D eigenvalue weighted by molar-refractivity contribution is 7.86. The molecule has 1 aromatic carbocycles. The van der Waals surface area contributed by atoms with Gasteiger partial charge in [-0.25, -0.2) is 9.97 Å². The Kier molecular flexibility index (Phi) is 4.24. The molecule has 7 heteroatoms. The van der Waals surface area contributed by atoms with Crippen molar-refractivity contribution in [3.8, 4) is 17.1 Å². The summed E-state index contributed by atoms with van der Waals surface area (Å²) in [7, 11) is -2.89. The summed E-state index contributed by atoms with van der Waals surface area (Å²) < 4.78 is 37.6. The van der Waals surface area contributed by atoms with Crippen LogP contribution in [0.3, 0.4) is 0 Å². The third-order valence-corrected chi connectivity index (χ3v) is 4.14. The van der Waals surface area contributed by atoms with E-state index in [2.05, 4.69) is 9.97 Å². The summed E-state index contributed by atoms with van der Waals surface area (Å²) in [6.07, 6.45) is 3.58. The fourth-order valence-electron chi connectivity index (χ4n) is 2.27. The first kappa shape index (κ1) is 15.4. The van der Waals surface area contributed by atoms with Crippen molar-refractivity contribution < 1.29 is 17.7 Å². The predicted molar refractivity (Wildman–Crippen MR) is 77.9 cm³/mol. The third kappa shape index (κ3) is 3.03. The first-order valence-corrected chi connectivity index (χ1v) is 7.78. The second kappa shape index (κ2) is 5.79. The van der Waals surface area contributed by atoms with Crippen LogP contribution in [0.25, 0.3) is 11.1 Å². The minimum absolute atomic E-state index is 0.140. The second-order valence-electron chi connectivity index (χ2n) is 4.52. The zero-order valence-corrected chi connectivity index (χ0v) is 12.8. The van der Waals surface area contributed by atoms with Gasteiger partial charge in [0.05, 0.1) is 7.11 Å². The molecule has 0 aliphatic rings. The molecule has 0 saturated carbocycles. The average Bonchev–Trinajstić information content (AvgIpc) is 2.45. The molecule has 0 aliphatic heterocycles. The number of hydrogen-bond acceptors (Lipinski definition) is 5. The molecule has 112 valence electrons. The van der Waals surface area contributed by atoms with Crippen LogP contribution in [0.5, 0.6) is 6.01 Å². The molecule has 2 rings (SSSR count). The number of ether oxygens (including phenoxy) is 1. The molecule has 0 saturated heterocycles. The van der Waals surface area contributed by atoms with E-state index >= 15 is 0 Å². The highest BCUT2D eigenvalue weighted by Gasteiger charge is 2.21. The molecule has 21 heavy (non-hydrogen) atoms. The molecule has 2 aromatic rings. The Morgan fingerprint density at radius 1 is 1.24 bits per heavy atom. The van der Waals surface area contributed by atoms with E-state index in [4.69, 9.17) is 4.74 Å². The van der Waals surface area contributed by atoms with Crippen LogP contribution in [0.15, 0.2) is 29.4 Å². The summed E-state index contributed by atoms with van der Waals surface area (Å²) in [6, 6.07) is 3.26. The van der Waals surface area contributed by atoms with Gasteiger partial charge in [-0.2, -0.15) is 8.42 Å². The van der Waals surface area contributed by atoms with Gasteiger partial charge in [0.15, 0.2) is 0 Å². The van der Waals surface area contributed by atoms with E-state index in [1.54, 1.807) is 6.07 Å². The maximum absolute atomic E-state index is 11.6. The predicted octanol–water partition coefficient (Wildman–Crippen LogP) is 2.27. The van der Waals surface area contributed by atoms with Crippen molar-refractivity contribution in [2.45, 2.75) is 25.2 Å². The van der Waals surface area contributed by atoms with E-state index in [-0.39, 0.29) is 10.9 Å². The summed E-state index contributed by atoms with van der Waals surface area (Å²) in [5, 5.41) is 0. The maximum Gasteiger partial charge on any atom is 0.316 e. The first-order chi connectivity index (χ1) is 9.88. The maximum atomic E-state index is 11.6. The van der Waals surface area contributed by atoms with Crippen molar-refractivity contribution in [1.82, 2.24) is 9.97 Å². The molecule has 0 radical (unpaired) electrons. The minimum atomic E-state index is -4.33. The quantitative estimate of drug-likeness (QED) is 0.871. The lowest BCUT2D eigenvalue weighted by Gasteiger charge is -2.14. The summed E-state index contributed by atoms with van der Waals surface area (Å²) in [4.78, 5) is 7.84. The summed E-state index contributed by atoms with van der Waals surface area (Å²) in [5.41, 5.74) is 2.72. The largest absolute Gasteiger partial charge is 0.467 e. The SMILES string of the molecule is CCc1c(C)ccc(S(=O)(=O)O)c1-c1cnc(OC)nc1. The number of benzene rings is 1. The lowest BCUT2D eigenvalue weighted by molar-refractivity contribution is 0.380. The van der Waals surface area contributed by atoms with Crippen LogP contribution >= 0.6 is 0 Å². The number of aromatic nitrogens is 2.